The van der Waals surface area contributed by atoms with E-state index in [4.69, 9.17) is 23.1 Å². The molecule has 0 saturated heterocycles. The molecule has 2 aromatic heterocycles. The lowest BCUT2D eigenvalue weighted by molar-refractivity contribution is -0.118. The zero-order valence-corrected chi connectivity index (χ0v) is 17.5. The van der Waals surface area contributed by atoms with E-state index in [1.165, 1.54) is 30.2 Å². The van der Waals surface area contributed by atoms with Crippen LogP contribution in [0.3, 0.4) is 0 Å². The summed E-state index contributed by atoms with van der Waals surface area (Å²) in [5.74, 6) is -1.40. The van der Waals surface area contributed by atoms with E-state index in [2.05, 4.69) is 14.7 Å². The standard InChI is InChI=1S/C19H16ClF2N5O3S/c1-9(17(24)29)27(12-6-7-13(25-8-12)30-18(21)22)19-26-16(23)15(31-19)14(28)10-2-4-11(20)5-3-10/h2-9,18H,23H2,1H3,(H2,24,29)/t9-/m1/s1. The zero-order chi connectivity index (χ0) is 22.7. The lowest BCUT2D eigenvalue weighted by Gasteiger charge is -2.26. The van der Waals surface area contributed by atoms with E-state index in [9.17, 15) is 18.4 Å². The quantitative estimate of drug-likeness (QED) is 0.485. The van der Waals surface area contributed by atoms with Gasteiger partial charge in [-0.2, -0.15) is 8.78 Å². The van der Waals surface area contributed by atoms with Crippen molar-refractivity contribution in [2.45, 2.75) is 19.6 Å². The molecule has 2 heterocycles. The summed E-state index contributed by atoms with van der Waals surface area (Å²) in [6.07, 6.45) is 1.22. The molecule has 0 bridgehead atoms. The van der Waals surface area contributed by atoms with Crippen LogP contribution in [0.1, 0.15) is 22.2 Å². The molecule has 31 heavy (non-hydrogen) atoms. The van der Waals surface area contributed by atoms with Gasteiger partial charge in [-0.3, -0.25) is 9.59 Å². The van der Waals surface area contributed by atoms with Crippen LogP contribution in [0.2, 0.25) is 5.02 Å². The van der Waals surface area contributed by atoms with Crippen molar-refractivity contribution in [1.82, 2.24) is 9.97 Å². The topological polar surface area (TPSA) is 124 Å². The van der Waals surface area contributed by atoms with E-state index in [1.54, 1.807) is 24.3 Å². The van der Waals surface area contributed by atoms with Gasteiger partial charge in [0.2, 0.25) is 17.6 Å². The van der Waals surface area contributed by atoms with Crippen molar-refractivity contribution >= 4 is 51.3 Å². The van der Waals surface area contributed by atoms with Gasteiger partial charge in [-0.15, -0.1) is 0 Å². The predicted octanol–water partition coefficient (Wildman–Crippen LogP) is 3.62. The number of rotatable bonds is 8. The van der Waals surface area contributed by atoms with Gasteiger partial charge < -0.3 is 21.1 Å². The summed E-state index contributed by atoms with van der Waals surface area (Å²) >= 11 is 6.81. The number of carbonyl (C=O) groups is 2. The fourth-order valence-electron chi connectivity index (χ4n) is 2.62. The number of nitrogens with two attached hydrogens (primary N) is 2. The maximum Gasteiger partial charge on any atom is 0.388 e. The van der Waals surface area contributed by atoms with Crippen LogP contribution in [0.25, 0.3) is 0 Å². The number of hydrogen-bond acceptors (Lipinski definition) is 8. The third-order valence-electron chi connectivity index (χ3n) is 4.17. The highest BCUT2D eigenvalue weighted by molar-refractivity contribution is 7.18. The molecule has 1 amide bonds. The molecule has 0 aliphatic rings. The molecule has 0 spiro atoms. The Labute approximate surface area is 184 Å². The van der Waals surface area contributed by atoms with Crippen LogP contribution >= 0.6 is 22.9 Å². The Balaban J connectivity index is 1.99. The van der Waals surface area contributed by atoms with Crippen molar-refractivity contribution in [2.24, 2.45) is 5.73 Å². The van der Waals surface area contributed by atoms with Crippen molar-refractivity contribution in [2.75, 3.05) is 10.6 Å². The minimum atomic E-state index is -3.03. The molecule has 0 unspecified atom stereocenters. The van der Waals surface area contributed by atoms with Gasteiger partial charge in [0.25, 0.3) is 0 Å². The number of ether oxygens (including phenoxy) is 1. The van der Waals surface area contributed by atoms with Gasteiger partial charge in [-0.05, 0) is 37.3 Å². The highest BCUT2D eigenvalue weighted by atomic mass is 35.5. The maximum absolute atomic E-state index is 12.8. The van der Waals surface area contributed by atoms with E-state index >= 15 is 0 Å². The van der Waals surface area contributed by atoms with Gasteiger partial charge >= 0.3 is 6.61 Å². The number of nitrogens with zero attached hydrogens (tertiary/aromatic N) is 3. The molecule has 0 aliphatic carbocycles. The van der Waals surface area contributed by atoms with Crippen LogP contribution in [-0.4, -0.2) is 34.3 Å². The Bertz CT molecular complexity index is 1090. The average Bonchev–Trinajstić information content (AvgIpc) is 3.10. The smallest absolute Gasteiger partial charge is 0.388 e. The van der Waals surface area contributed by atoms with Crippen molar-refractivity contribution in [3.8, 4) is 5.88 Å². The SMILES string of the molecule is C[C@H](C(N)=O)N(c1ccc(OC(F)F)nc1)c1nc(N)c(C(=O)c2ccc(Cl)cc2)s1. The van der Waals surface area contributed by atoms with Crippen LogP contribution in [0.15, 0.2) is 42.6 Å². The van der Waals surface area contributed by atoms with Crippen LogP contribution < -0.4 is 21.1 Å². The number of thiazole rings is 1. The van der Waals surface area contributed by atoms with Crippen LogP contribution in [0.4, 0.5) is 25.4 Å². The largest absolute Gasteiger partial charge is 0.417 e. The summed E-state index contributed by atoms with van der Waals surface area (Å²) in [7, 11) is 0. The van der Waals surface area contributed by atoms with Gasteiger partial charge in [0.15, 0.2) is 5.13 Å². The van der Waals surface area contributed by atoms with Crippen LogP contribution in [-0.2, 0) is 4.79 Å². The summed E-state index contributed by atoms with van der Waals surface area (Å²) < 4.78 is 29.0. The molecule has 8 nitrogen and oxygen atoms in total. The minimum Gasteiger partial charge on any atom is -0.417 e. The Kier molecular flexibility index (Phi) is 6.66. The number of hydrogen-bond donors (Lipinski definition) is 2. The number of aromatic nitrogens is 2. The molecule has 0 aliphatic heterocycles. The Hall–Kier alpha value is -3.31. The van der Waals surface area contributed by atoms with Crippen molar-refractivity contribution in [3.63, 3.8) is 0 Å². The Morgan fingerprint density at radius 3 is 2.42 bits per heavy atom. The van der Waals surface area contributed by atoms with Gasteiger partial charge in [0, 0.05) is 16.7 Å². The van der Waals surface area contributed by atoms with Crippen molar-refractivity contribution in [3.05, 3.63) is 58.1 Å². The molecule has 3 rings (SSSR count). The first-order valence-electron chi connectivity index (χ1n) is 8.73. The summed E-state index contributed by atoms with van der Waals surface area (Å²) in [5.41, 5.74) is 12.1. The molecular weight excluding hydrogens is 452 g/mol. The number of carbonyl (C=O) groups excluding carboxylic acids is 2. The van der Waals surface area contributed by atoms with E-state index in [-0.39, 0.29) is 27.5 Å². The normalized spacial score (nSPS) is 11.9. The monoisotopic (exact) mass is 467 g/mol. The number of anilines is 3. The second kappa shape index (κ2) is 9.23. The second-order valence-electron chi connectivity index (χ2n) is 6.23. The Morgan fingerprint density at radius 1 is 1.19 bits per heavy atom. The molecule has 0 radical (unpaired) electrons. The lowest BCUT2D eigenvalue weighted by atomic mass is 10.1. The van der Waals surface area contributed by atoms with Gasteiger partial charge in [0.05, 0.1) is 11.9 Å². The minimum absolute atomic E-state index is 0.0350. The van der Waals surface area contributed by atoms with E-state index < -0.39 is 18.6 Å². The average molecular weight is 468 g/mol. The van der Waals surface area contributed by atoms with E-state index in [1.807, 2.05) is 0 Å². The third kappa shape index (κ3) is 5.06. The highest BCUT2D eigenvalue weighted by Gasteiger charge is 2.27. The van der Waals surface area contributed by atoms with Crippen molar-refractivity contribution < 1.29 is 23.1 Å². The number of primary amides is 1. The lowest BCUT2D eigenvalue weighted by Crippen LogP contribution is -2.40. The first-order valence-corrected chi connectivity index (χ1v) is 9.92. The molecule has 4 N–H and O–H groups in total. The molecule has 162 valence electrons. The van der Waals surface area contributed by atoms with Gasteiger partial charge in [-0.25, -0.2) is 9.97 Å². The molecule has 0 fully saturated rings. The first kappa shape index (κ1) is 22.4. The number of benzene rings is 1. The molecule has 0 saturated carbocycles. The highest BCUT2D eigenvalue weighted by Crippen LogP contribution is 2.36. The molecule has 12 heteroatoms. The predicted molar refractivity (Wildman–Crippen MR) is 113 cm³/mol. The summed E-state index contributed by atoms with van der Waals surface area (Å²) in [6.45, 7) is -1.51. The summed E-state index contributed by atoms with van der Waals surface area (Å²) in [4.78, 5) is 34.3. The summed E-state index contributed by atoms with van der Waals surface area (Å²) in [5, 5.41) is 0.674. The number of amides is 1. The second-order valence-corrected chi connectivity index (χ2v) is 7.64. The van der Waals surface area contributed by atoms with Crippen LogP contribution in [0.5, 0.6) is 5.88 Å². The van der Waals surface area contributed by atoms with Gasteiger partial charge in [0.1, 0.15) is 16.7 Å². The fourth-order valence-corrected chi connectivity index (χ4v) is 3.80. The van der Waals surface area contributed by atoms with Crippen LogP contribution in [0, 0.1) is 0 Å². The maximum atomic E-state index is 12.8. The summed E-state index contributed by atoms with van der Waals surface area (Å²) in [6, 6.07) is 7.96. The van der Waals surface area contributed by atoms with Gasteiger partial charge in [-0.1, -0.05) is 22.9 Å². The molecular formula is C19H16ClF2N5O3S. The van der Waals surface area contributed by atoms with E-state index in [0.29, 0.717) is 16.3 Å². The number of alkyl halides is 2. The van der Waals surface area contributed by atoms with E-state index in [0.717, 1.165) is 11.3 Å². The Morgan fingerprint density at radius 2 is 1.87 bits per heavy atom. The number of pyridine rings is 1. The number of halogens is 3. The molecule has 1 atom stereocenters. The third-order valence-corrected chi connectivity index (χ3v) is 5.49. The fraction of sp³-hybridized carbons (Fsp3) is 0.158. The first-order chi connectivity index (χ1) is 14.7. The molecule has 3 aromatic rings. The molecule has 1 aromatic carbocycles. The zero-order valence-electron chi connectivity index (χ0n) is 16.0. The van der Waals surface area contributed by atoms with Crippen molar-refractivity contribution in [1.29, 1.82) is 0 Å². The number of nitrogen functional groups attached to an aromatic ring is 1. The number of ketones is 1.